The Balaban J connectivity index is 1.60. The zero-order valence-electron chi connectivity index (χ0n) is 17.6. The number of carbonyl (C=O) groups is 2. The predicted octanol–water partition coefficient (Wildman–Crippen LogP) is 7.16. The summed E-state index contributed by atoms with van der Waals surface area (Å²) in [5.74, 6) is 0.862. The quantitative estimate of drug-likeness (QED) is 0.216. The summed E-state index contributed by atoms with van der Waals surface area (Å²) in [5, 5.41) is 0.185. The van der Waals surface area contributed by atoms with E-state index < -0.39 is 0 Å². The van der Waals surface area contributed by atoms with E-state index in [1.165, 1.54) is 0 Å². The van der Waals surface area contributed by atoms with Gasteiger partial charge in [-0.3, -0.25) is 9.59 Å². The molecule has 4 rings (SSSR count). The van der Waals surface area contributed by atoms with Gasteiger partial charge in [0.1, 0.15) is 6.61 Å². The van der Waals surface area contributed by atoms with Crippen molar-refractivity contribution in [1.82, 2.24) is 0 Å². The van der Waals surface area contributed by atoms with Gasteiger partial charge in [0.25, 0.3) is 11.1 Å². The Morgan fingerprint density at radius 2 is 1.76 bits per heavy atom. The van der Waals surface area contributed by atoms with E-state index in [1.54, 1.807) is 30.3 Å². The van der Waals surface area contributed by atoms with Crippen LogP contribution in [0, 0.1) is 3.57 Å². The van der Waals surface area contributed by atoms with Gasteiger partial charge in [-0.1, -0.05) is 41.9 Å². The molecule has 0 aliphatic carbocycles. The molecule has 0 unspecified atom stereocenters. The van der Waals surface area contributed by atoms with Crippen LogP contribution in [0.5, 0.6) is 11.5 Å². The maximum Gasteiger partial charge on any atom is 0.298 e. The van der Waals surface area contributed by atoms with Crippen LogP contribution < -0.4 is 14.4 Å². The summed E-state index contributed by atoms with van der Waals surface area (Å²) in [6, 6.07) is 20.2. The molecule has 0 saturated carbocycles. The number of halogens is 2. The van der Waals surface area contributed by atoms with Gasteiger partial charge in [0, 0.05) is 5.02 Å². The van der Waals surface area contributed by atoms with Crippen LogP contribution in [0.2, 0.25) is 5.02 Å². The van der Waals surface area contributed by atoms with Gasteiger partial charge in [0.2, 0.25) is 0 Å². The SMILES string of the molecule is CCOc1cc(/C=C2/SC(=O)N(c3ccc(Cl)cc3)C2=O)cc(I)c1OCc1ccccc1. The Bertz CT molecular complexity index is 1220. The molecule has 0 spiro atoms. The highest BCUT2D eigenvalue weighted by Gasteiger charge is 2.36. The standard InChI is InChI=1S/C25H19ClINO4S/c1-2-31-21-13-17(12-20(27)23(21)32-15-16-6-4-3-5-7-16)14-22-24(29)28(25(30)33-22)19-10-8-18(26)9-11-19/h3-14H,2,15H2,1H3/b22-14+. The average molecular weight is 592 g/mol. The molecule has 1 aliphatic rings. The summed E-state index contributed by atoms with van der Waals surface area (Å²) in [6.45, 7) is 2.78. The summed E-state index contributed by atoms with van der Waals surface area (Å²) < 4.78 is 12.7. The zero-order valence-corrected chi connectivity index (χ0v) is 21.3. The van der Waals surface area contributed by atoms with Gasteiger partial charge in [-0.05, 0) is 94.9 Å². The average Bonchev–Trinajstić information content (AvgIpc) is 3.07. The second-order valence-corrected chi connectivity index (χ2v) is 9.62. The molecule has 3 aromatic rings. The van der Waals surface area contributed by atoms with Crippen molar-refractivity contribution in [3.63, 3.8) is 0 Å². The number of benzene rings is 3. The van der Waals surface area contributed by atoms with Crippen LogP contribution >= 0.6 is 46.0 Å². The van der Waals surface area contributed by atoms with Crippen molar-refractivity contribution in [2.75, 3.05) is 11.5 Å². The Hall–Kier alpha value is -2.49. The molecule has 168 valence electrons. The largest absolute Gasteiger partial charge is 0.490 e. The van der Waals surface area contributed by atoms with Gasteiger partial charge >= 0.3 is 0 Å². The second kappa shape index (κ2) is 10.6. The lowest BCUT2D eigenvalue weighted by molar-refractivity contribution is -0.113. The maximum atomic E-state index is 13.0. The van der Waals surface area contributed by atoms with E-state index in [0.29, 0.717) is 40.3 Å². The Kier molecular flexibility index (Phi) is 7.62. The predicted molar refractivity (Wildman–Crippen MR) is 141 cm³/mol. The van der Waals surface area contributed by atoms with Crippen LogP contribution in [0.15, 0.2) is 71.6 Å². The monoisotopic (exact) mass is 591 g/mol. The number of imide groups is 1. The fraction of sp³-hybridized carbons (Fsp3) is 0.120. The van der Waals surface area contributed by atoms with Gasteiger partial charge in [-0.15, -0.1) is 0 Å². The Morgan fingerprint density at radius 1 is 1.03 bits per heavy atom. The number of anilines is 1. The van der Waals surface area contributed by atoms with E-state index in [2.05, 4.69) is 22.6 Å². The van der Waals surface area contributed by atoms with E-state index in [0.717, 1.165) is 31.4 Å². The Labute approximate surface area is 214 Å². The highest BCUT2D eigenvalue weighted by molar-refractivity contribution is 14.1. The zero-order chi connectivity index (χ0) is 23.4. The van der Waals surface area contributed by atoms with Gasteiger partial charge in [0.05, 0.1) is 20.8 Å². The third-order valence-corrected chi connectivity index (χ3v) is 6.66. The molecule has 33 heavy (non-hydrogen) atoms. The van der Waals surface area contributed by atoms with Crippen molar-refractivity contribution in [2.24, 2.45) is 0 Å². The van der Waals surface area contributed by atoms with Crippen LogP contribution in [0.25, 0.3) is 6.08 Å². The van der Waals surface area contributed by atoms with Gasteiger partial charge < -0.3 is 9.47 Å². The van der Waals surface area contributed by atoms with Crippen LogP contribution in [0.1, 0.15) is 18.1 Å². The van der Waals surface area contributed by atoms with Crippen molar-refractivity contribution >= 4 is 68.9 Å². The van der Waals surface area contributed by atoms with E-state index in [-0.39, 0.29) is 11.1 Å². The smallest absolute Gasteiger partial charge is 0.298 e. The summed E-state index contributed by atoms with van der Waals surface area (Å²) in [5.41, 5.74) is 2.28. The van der Waals surface area contributed by atoms with E-state index in [4.69, 9.17) is 21.1 Å². The second-order valence-electron chi connectivity index (χ2n) is 7.03. The highest BCUT2D eigenvalue weighted by Crippen LogP contribution is 2.39. The number of ether oxygens (including phenoxy) is 2. The van der Waals surface area contributed by atoms with E-state index in [9.17, 15) is 9.59 Å². The van der Waals surface area contributed by atoms with E-state index >= 15 is 0 Å². The highest BCUT2D eigenvalue weighted by atomic mass is 127. The molecule has 1 aliphatic heterocycles. The first-order valence-corrected chi connectivity index (χ1v) is 12.4. The number of hydrogen-bond donors (Lipinski definition) is 0. The fourth-order valence-corrected chi connectivity index (χ4v) is 4.98. The van der Waals surface area contributed by atoms with Crippen LogP contribution in [0.3, 0.4) is 0 Å². The molecule has 1 fully saturated rings. The topological polar surface area (TPSA) is 55.8 Å². The molecular formula is C25H19ClINO4S. The summed E-state index contributed by atoms with van der Waals surface area (Å²) in [6.07, 6.45) is 1.70. The first kappa shape index (κ1) is 23.7. The molecule has 5 nitrogen and oxygen atoms in total. The van der Waals surface area contributed by atoms with Crippen LogP contribution in [-0.2, 0) is 11.4 Å². The number of carbonyl (C=O) groups excluding carboxylic acids is 2. The van der Waals surface area contributed by atoms with Crippen molar-refractivity contribution in [1.29, 1.82) is 0 Å². The van der Waals surface area contributed by atoms with Crippen molar-refractivity contribution in [3.05, 3.63) is 91.4 Å². The van der Waals surface area contributed by atoms with Crippen molar-refractivity contribution in [2.45, 2.75) is 13.5 Å². The van der Waals surface area contributed by atoms with Crippen molar-refractivity contribution < 1.29 is 19.1 Å². The van der Waals surface area contributed by atoms with Gasteiger partial charge in [-0.25, -0.2) is 4.90 Å². The molecule has 1 heterocycles. The third kappa shape index (κ3) is 5.54. The molecule has 3 aromatic carbocycles. The Morgan fingerprint density at radius 3 is 2.45 bits per heavy atom. The third-order valence-electron chi connectivity index (χ3n) is 4.73. The first-order chi connectivity index (χ1) is 16.0. The van der Waals surface area contributed by atoms with E-state index in [1.807, 2.05) is 49.4 Å². The van der Waals surface area contributed by atoms with Gasteiger partial charge in [-0.2, -0.15) is 0 Å². The molecule has 1 saturated heterocycles. The molecular weight excluding hydrogens is 573 g/mol. The number of thioether (sulfide) groups is 1. The van der Waals surface area contributed by atoms with Gasteiger partial charge in [0.15, 0.2) is 11.5 Å². The molecule has 0 atom stereocenters. The normalized spacial score (nSPS) is 14.8. The summed E-state index contributed by atoms with van der Waals surface area (Å²) >= 11 is 9.02. The fourth-order valence-electron chi connectivity index (χ4n) is 3.24. The lowest BCUT2D eigenvalue weighted by atomic mass is 10.1. The molecule has 0 N–H and O–H groups in total. The minimum Gasteiger partial charge on any atom is -0.490 e. The van der Waals surface area contributed by atoms with Crippen LogP contribution in [0.4, 0.5) is 10.5 Å². The molecule has 8 heteroatoms. The lowest BCUT2D eigenvalue weighted by Gasteiger charge is -2.15. The number of rotatable bonds is 7. The number of hydrogen-bond acceptors (Lipinski definition) is 5. The van der Waals surface area contributed by atoms with Crippen molar-refractivity contribution in [3.8, 4) is 11.5 Å². The first-order valence-electron chi connectivity index (χ1n) is 10.1. The maximum absolute atomic E-state index is 13.0. The lowest BCUT2D eigenvalue weighted by Crippen LogP contribution is -2.27. The minimum atomic E-state index is -0.371. The minimum absolute atomic E-state index is 0.339. The summed E-state index contributed by atoms with van der Waals surface area (Å²) in [7, 11) is 0. The number of nitrogens with zero attached hydrogens (tertiary/aromatic N) is 1. The number of amides is 2. The molecule has 0 bridgehead atoms. The van der Waals surface area contributed by atoms with Crippen LogP contribution in [-0.4, -0.2) is 17.8 Å². The molecule has 0 radical (unpaired) electrons. The summed E-state index contributed by atoms with van der Waals surface area (Å²) in [4.78, 5) is 27.0. The molecule has 0 aromatic heterocycles. The molecule has 2 amide bonds.